The molecule has 0 aliphatic heterocycles. The highest BCUT2D eigenvalue weighted by Crippen LogP contribution is 2.16. The Morgan fingerprint density at radius 3 is 2.64 bits per heavy atom. The van der Waals surface area contributed by atoms with Crippen molar-refractivity contribution in [1.29, 1.82) is 0 Å². The lowest BCUT2D eigenvalue weighted by Crippen LogP contribution is -1.97. The van der Waals surface area contributed by atoms with E-state index in [2.05, 4.69) is 5.92 Å². The number of hydrogen-bond acceptors (Lipinski definition) is 3. The molecule has 0 bridgehead atoms. The van der Waals surface area contributed by atoms with Gasteiger partial charge in [-0.2, -0.15) is 0 Å². The van der Waals surface area contributed by atoms with E-state index < -0.39 is 0 Å². The van der Waals surface area contributed by atoms with E-state index in [4.69, 9.17) is 15.9 Å². The van der Waals surface area contributed by atoms with E-state index >= 15 is 0 Å². The summed E-state index contributed by atoms with van der Waals surface area (Å²) in [6, 6.07) is 14.4. The van der Waals surface area contributed by atoms with Crippen LogP contribution in [-0.4, -0.2) is 19.5 Å². The first-order valence-electron chi connectivity index (χ1n) is 6.75. The van der Waals surface area contributed by atoms with Crippen LogP contribution in [0, 0.1) is 12.3 Å². The molecule has 110 valence electrons. The SMILES string of the molecule is C#CCOc1cccc(C(=O)/C=C/c2ccc(OC)cc2)c1. The predicted molar refractivity (Wildman–Crippen MR) is 87.1 cm³/mol. The van der Waals surface area contributed by atoms with Crippen molar-refractivity contribution in [3.63, 3.8) is 0 Å². The van der Waals surface area contributed by atoms with Gasteiger partial charge in [0, 0.05) is 5.56 Å². The minimum atomic E-state index is -0.0954. The largest absolute Gasteiger partial charge is 0.497 e. The molecule has 3 nitrogen and oxygen atoms in total. The lowest BCUT2D eigenvalue weighted by molar-refractivity contribution is 0.104. The maximum absolute atomic E-state index is 12.2. The number of rotatable bonds is 6. The lowest BCUT2D eigenvalue weighted by Gasteiger charge is -2.03. The number of methoxy groups -OCH3 is 1. The molecule has 0 saturated carbocycles. The van der Waals surface area contributed by atoms with Crippen molar-refractivity contribution in [2.75, 3.05) is 13.7 Å². The molecule has 2 aromatic carbocycles. The van der Waals surface area contributed by atoms with Crippen LogP contribution in [-0.2, 0) is 0 Å². The zero-order valence-corrected chi connectivity index (χ0v) is 12.3. The van der Waals surface area contributed by atoms with E-state index in [1.165, 1.54) is 6.08 Å². The lowest BCUT2D eigenvalue weighted by atomic mass is 10.1. The average Bonchev–Trinajstić information content (AvgIpc) is 2.58. The van der Waals surface area contributed by atoms with Gasteiger partial charge in [0.15, 0.2) is 5.78 Å². The normalized spacial score (nSPS) is 10.2. The van der Waals surface area contributed by atoms with Crippen molar-refractivity contribution in [1.82, 2.24) is 0 Å². The molecule has 0 aromatic heterocycles. The highest BCUT2D eigenvalue weighted by molar-refractivity contribution is 6.07. The molecule has 2 rings (SSSR count). The van der Waals surface area contributed by atoms with E-state index in [1.54, 1.807) is 37.5 Å². The Morgan fingerprint density at radius 1 is 1.18 bits per heavy atom. The van der Waals surface area contributed by atoms with E-state index in [0.29, 0.717) is 11.3 Å². The fraction of sp³-hybridized carbons (Fsp3) is 0.105. The second-order valence-electron chi connectivity index (χ2n) is 4.49. The Morgan fingerprint density at radius 2 is 1.95 bits per heavy atom. The van der Waals surface area contributed by atoms with Gasteiger partial charge in [-0.1, -0.05) is 36.3 Å². The summed E-state index contributed by atoms with van der Waals surface area (Å²) in [6.07, 6.45) is 8.44. The zero-order valence-electron chi connectivity index (χ0n) is 12.3. The molecule has 0 heterocycles. The van der Waals surface area contributed by atoms with Gasteiger partial charge in [0.05, 0.1) is 7.11 Å². The molecule has 0 aliphatic carbocycles. The van der Waals surface area contributed by atoms with Crippen LogP contribution >= 0.6 is 0 Å². The molecule has 0 atom stereocenters. The van der Waals surface area contributed by atoms with Gasteiger partial charge in [-0.15, -0.1) is 6.42 Å². The van der Waals surface area contributed by atoms with Crippen molar-refractivity contribution < 1.29 is 14.3 Å². The summed E-state index contributed by atoms with van der Waals surface area (Å²) in [4.78, 5) is 12.2. The molecule has 3 heteroatoms. The van der Waals surface area contributed by atoms with E-state index in [0.717, 1.165) is 11.3 Å². The summed E-state index contributed by atoms with van der Waals surface area (Å²) in [5.41, 5.74) is 1.48. The second-order valence-corrected chi connectivity index (χ2v) is 4.49. The summed E-state index contributed by atoms with van der Waals surface area (Å²) >= 11 is 0. The van der Waals surface area contributed by atoms with Gasteiger partial charge in [0.2, 0.25) is 0 Å². The number of benzene rings is 2. The van der Waals surface area contributed by atoms with E-state index in [-0.39, 0.29) is 12.4 Å². The second kappa shape index (κ2) is 7.70. The molecule has 0 spiro atoms. The monoisotopic (exact) mass is 292 g/mol. The number of ketones is 1. The van der Waals surface area contributed by atoms with Gasteiger partial charge in [-0.05, 0) is 35.9 Å². The number of hydrogen-bond donors (Lipinski definition) is 0. The van der Waals surface area contributed by atoms with Crippen LogP contribution in [0.4, 0.5) is 0 Å². The highest BCUT2D eigenvalue weighted by Gasteiger charge is 2.03. The van der Waals surface area contributed by atoms with Crippen LogP contribution < -0.4 is 9.47 Å². The van der Waals surface area contributed by atoms with Crippen LogP contribution in [0.1, 0.15) is 15.9 Å². The summed E-state index contributed by atoms with van der Waals surface area (Å²) in [5, 5.41) is 0. The minimum Gasteiger partial charge on any atom is -0.497 e. The molecule has 0 saturated heterocycles. The third-order valence-corrected chi connectivity index (χ3v) is 2.98. The highest BCUT2D eigenvalue weighted by atomic mass is 16.5. The van der Waals surface area contributed by atoms with Gasteiger partial charge in [0.25, 0.3) is 0 Å². The van der Waals surface area contributed by atoms with E-state index in [9.17, 15) is 4.79 Å². The first kappa shape index (κ1) is 15.4. The summed E-state index contributed by atoms with van der Waals surface area (Å²) in [6.45, 7) is 0.180. The molecular weight excluding hydrogens is 276 g/mol. The summed E-state index contributed by atoms with van der Waals surface area (Å²) in [7, 11) is 1.61. The van der Waals surface area contributed by atoms with E-state index in [1.807, 2.05) is 24.3 Å². The Bertz CT molecular complexity index is 706. The van der Waals surface area contributed by atoms with Gasteiger partial charge >= 0.3 is 0 Å². The van der Waals surface area contributed by atoms with Crippen molar-refractivity contribution in [2.45, 2.75) is 0 Å². The third-order valence-electron chi connectivity index (χ3n) is 2.98. The molecule has 0 N–H and O–H groups in total. The van der Waals surface area contributed by atoms with Crippen LogP contribution in [0.15, 0.2) is 54.6 Å². The predicted octanol–water partition coefficient (Wildman–Crippen LogP) is 3.60. The summed E-state index contributed by atoms with van der Waals surface area (Å²) < 4.78 is 10.4. The maximum atomic E-state index is 12.2. The van der Waals surface area contributed by atoms with Crippen molar-refractivity contribution >= 4 is 11.9 Å². The maximum Gasteiger partial charge on any atom is 0.185 e. The summed E-state index contributed by atoms with van der Waals surface area (Å²) in [5.74, 6) is 3.66. The van der Waals surface area contributed by atoms with Gasteiger partial charge in [-0.3, -0.25) is 4.79 Å². The smallest absolute Gasteiger partial charge is 0.185 e. The van der Waals surface area contributed by atoms with Crippen molar-refractivity contribution in [3.8, 4) is 23.8 Å². The Balaban J connectivity index is 2.07. The number of carbonyl (C=O) groups is 1. The Kier molecular flexibility index (Phi) is 5.39. The van der Waals surface area contributed by atoms with Gasteiger partial charge in [-0.25, -0.2) is 0 Å². The number of allylic oxidation sites excluding steroid dienone is 1. The van der Waals surface area contributed by atoms with Crippen molar-refractivity contribution in [2.24, 2.45) is 0 Å². The van der Waals surface area contributed by atoms with Crippen LogP contribution in [0.25, 0.3) is 6.08 Å². The fourth-order valence-corrected chi connectivity index (χ4v) is 1.85. The number of carbonyl (C=O) groups excluding carboxylic acids is 1. The molecule has 0 radical (unpaired) electrons. The fourth-order valence-electron chi connectivity index (χ4n) is 1.85. The quantitative estimate of drug-likeness (QED) is 0.463. The minimum absolute atomic E-state index is 0.0954. The molecule has 22 heavy (non-hydrogen) atoms. The topological polar surface area (TPSA) is 35.5 Å². The molecule has 0 amide bonds. The third kappa shape index (κ3) is 4.26. The van der Waals surface area contributed by atoms with Gasteiger partial charge in [0.1, 0.15) is 18.1 Å². The molecule has 0 aliphatic rings. The average molecular weight is 292 g/mol. The Labute approximate surface area is 130 Å². The standard InChI is InChI=1S/C19H16O3/c1-3-13-22-18-6-4-5-16(14-18)19(20)12-9-15-7-10-17(21-2)11-8-15/h1,4-12,14H,13H2,2H3/b12-9+. The number of terminal acetylenes is 1. The first-order valence-corrected chi connectivity index (χ1v) is 6.75. The van der Waals surface area contributed by atoms with Gasteiger partial charge < -0.3 is 9.47 Å². The van der Waals surface area contributed by atoms with Crippen LogP contribution in [0.3, 0.4) is 0 Å². The van der Waals surface area contributed by atoms with Crippen LogP contribution in [0.2, 0.25) is 0 Å². The molecule has 2 aromatic rings. The van der Waals surface area contributed by atoms with Crippen LogP contribution in [0.5, 0.6) is 11.5 Å². The molecular formula is C19H16O3. The van der Waals surface area contributed by atoms with Crippen molar-refractivity contribution in [3.05, 3.63) is 65.7 Å². The first-order chi connectivity index (χ1) is 10.7. The molecule has 0 fully saturated rings. The molecule has 0 unspecified atom stereocenters. The number of ether oxygens (including phenoxy) is 2. The zero-order chi connectivity index (χ0) is 15.8. The Hall–Kier alpha value is -2.99.